The van der Waals surface area contributed by atoms with Crippen LogP contribution < -0.4 is 4.90 Å². The zero-order valence-electron chi connectivity index (χ0n) is 20.2. The molecule has 0 spiro atoms. The Balaban J connectivity index is 1.31. The molecule has 38 heavy (non-hydrogen) atoms. The smallest absolute Gasteiger partial charge is 0.296 e. The molecule has 0 bridgehead atoms. The molecule has 8 nitrogen and oxygen atoms in total. The van der Waals surface area contributed by atoms with Gasteiger partial charge in [-0.3, -0.25) is 14.5 Å². The number of carbonyl (C=O) groups is 2. The predicted molar refractivity (Wildman–Crippen MR) is 148 cm³/mol. The van der Waals surface area contributed by atoms with Gasteiger partial charge in [-0.25, -0.2) is 4.98 Å². The van der Waals surface area contributed by atoms with Crippen LogP contribution in [0.25, 0.3) is 10.8 Å². The summed E-state index contributed by atoms with van der Waals surface area (Å²) in [6, 6.07) is 16.7. The third kappa shape index (κ3) is 4.22. The van der Waals surface area contributed by atoms with Crippen molar-refractivity contribution >= 4 is 62.0 Å². The number of aliphatic hydroxyl groups is 1. The monoisotopic (exact) mass is 560 g/mol. The van der Waals surface area contributed by atoms with Gasteiger partial charge in [0, 0.05) is 5.75 Å². The fourth-order valence-electron chi connectivity index (χ4n) is 4.53. The molecule has 0 fully saturated rings. The predicted octanol–water partition coefficient (Wildman–Crippen LogP) is 6.43. The average molecular weight is 561 g/mol. The molecule has 2 aromatic carbocycles. The van der Waals surface area contributed by atoms with Crippen molar-refractivity contribution in [3.05, 3.63) is 99.1 Å². The van der Waals surface area contributed by atoms with Gasteiger partial charge >= 0.3 is 0 Å². The van der Waals surface area contributed by atoms with Gasteiger partial charge in [-0.1, -0.05) is 65.6 Å². The lowest BCUT2D eigenvalue weighted by Gasteiger charge is -2.21. The van der Waals surface area contributed by atoms with Crippen LogP contribution in [-0.2, 0) is 10.5 Å². The van der Waals surface area contributed by atoms with Crippen LogP contribution in [0.4, 0.5) is 5.13 Å². The third-order valence-corrected chi connectivity index (χ3v) is 9.38. The fraction of sp³-hybridized carbons (Fsp3) is 0.148. The Morgan fingerprint density at radius 3 is 2.66 bits per heavy atom. The molecule has 1 unspecified atom stereocenters. The Kier molecular flexibility index (Phi) is 6.34. The molecule has 1 aliphatic rings. The first-order valence-corrected chi connectivity index (χ1v) is 14.3. The minimum Gasteiger partial charge on any atom is -0.503 e. The number of amides is 1. The normalized spacial score (nSPS) is 15.7. The molecule has 11 heteroatoms. The Hall–Kier alpha value is -3.80. The number of nitrogens with zero attached hydrogens (tertiary/aromatic N) is 4. The minimum atomic E-state index is -0.976. The highest BCUT2D eigenvalue weighted by Gasteiger charge is 2.48. The van der Waals surface area contributed by atoms with Crippen LogP contribution >= 0.6 is 34.4 Å². The molecular formula is C27H20N4O4S3. The van der Waals surface area contributed by atoms with Gasteiger partial charge in [0.25, 0.3) is 5.91 Å². The fourth-order valence-corrected chi connectivity index (χ4v) is 7.28. The number of aryl methyl sites for hydroxylation is 2. The number of hydrogen-bond acceptors (Lipinski definition) is 10. The topological polar surface area (TPSA) is 109 Å². The van der Waals surface area contributed by atoms with Gasteiger partial charge in [-0.15, -0.1) is 21.5 Å². The lowest BCUT2D eigenvalue weighted by molar-refractivity contribution is -0.117. The molecule has 0 saturated heterocycles. The quantitative estimate of drug-likeness (QED) is 0.138. The number of aromatic nitrogens is 3. The number of carbonyl (C=O) groups excluding carboxylic acids is 2. The summed E-state index contributed by atoms with van der Waals surface area (Å²) < 4.78 is 6.28. The summed E-state index contributed by atoms with van der Waals surface area (Å²) in [6.07, 6.45) is 1.46. The summed E-state index contributed by atoms with van der Waals surface area (Å²) in [7, 11) is 0. The number of thiazole rings is 1. The van der Waals surface area contributed by atoms with Gasteiger partial charge in [-0.2, -0.15) is 0 Å². The second kappa shape index (κ2) is 9.82. The molecule has 1 aliphatic heterocycles. The van der Waals surface area contributed by atoms with E-state index in [2.05, 4.69) is 39.4 Å². The summed E-state index contributed by atoms with van der Waals surface area (Å²) >= 11 is 3.96. The lowest BCUT2D eigenvalue weighted by atomic mass is 10.00. The summed E-state index contributed by atoms with van der Waals surface area (Å²) in [5.74, 6) is -0.803. The van der Waals surface area contributed by atoms with Crippen molar-refractivity contribution in [3.8, 4) is 0 Å². The summed E-state index contributed by atoms with van der Waals surface area (Å²) in [5.41, 5.74) is 1.65. The van der Waals surface area contributed by atoms with Crippen molar-refractivity contribution in [2.24, 2.45) is 0 Å². The van der Waals surface area contributed by atoms with Crippen molar-refractivity contribution in [2.45, 2.75) is 30.0 Å². The first-order valence-electron chi connectivity index (χ1n) is 11.6. The highest BCUT2D eigenvalue weighted by molar-refractivity contribution is 8.00. The van der Waals surface area contributed by atoms with Gasteiger partial charge in [0.15, 0.2) is 10.1 Å². The van der Waals surface area contributed by atoms with Gasteiger partial charge in [-0.05, 0) is 42.3 Å². The zero-order chi connectivity index (χ0) is 26.4. The number of aliphatic hydroxyl groups excluding tert-OH is 1. The largest absolute Gasteiger partial charge is 0.503 e. The Labute approximate surface area is 229 Å². The van der Waals surface area contributed by atoms with Crippen LogP contribution in [0.2, 0.25) is 0 Å². The van der Waals surface area contributed by atoms with Crippen molar-refractivity contribution < 1.29 is 19.1 Å². The van der Waals surface area contributed by atoms with E-state index in [1.165, 1.54) is 51.0 Å². The molecule has 5 aromatic rings. The molecule has 190 valence electrons. The average Bonchev–Trinajstić information content (AvgIpc) is 3.71. The number of anilines is 1. The van der Waals surface area contributed by atoms with Crippen LogP contribution in [0, 0.1) is 13.8 Å². The van der Waals surface area contributed by atoms with Crippen LogP contribution in [0.3, 0.4) is 0 Å². The van der Waals surface area contributed by atoms with Crippen molar-refractivity contribution in [1.29, 1.82) is 0 Å². The maximum atomic E-state index is 13.6. The second-order valence-corrected chi connectivity index (χ2v) is 12.0. The molecule has 4 heterocycles. The maximum absolute atomic E-state index is 13.6. The number of hydrogen-bond donors (Lipinski definition) is 1. The summed E-state index contributed by atoms with van der Waals surface area (Å²) in [5, 5.41) is 22.8. The Morgan fingerprint density at radius 1 is 1.08 bits per heavy atom. The number of thioether (sulfide) groups is 1. The molecule has 0 aliphatic carbocycles. The Morgan fingerprint density at radius 2 is 1.89 bits per heavy atom. The SMILES string of the molecule is Cc1nc(C)c(C(=O)C2=C(O)C(=O)N(c3nnc(SCc4cccc5ccccc45)s3)C2c2ccco2)s1. The second-order valence-electron chi connectivity index (χ2n) is 8.61. The van der Waals surface area contributed by atoms with Crippen molar-refractivity contribution in [3.63, 3.8) is 0 Å². The molecule has 0 saturated carbocycles. The van der Waals surface area contributed by atoms with E-state index in [1.807, 2.05) is 18.2 Å². The van der Waals surface area contributed by atoms with Crippen molar-refractivity contribution in [1.82, 2.24) is 15.2 Å². The van der Waals surface area contributed by atoms with Crippen LogP contribution in [0.15, 0.2) is 80.9 Å². The van der Waals surface area contributed by atoms with E-state index < -0.39 is 23.5 Å². The molecule has 1 amide bonds. The number of Topliss-reactive ketones (excluding diaryl/α,β-unsaturated/α-hetero) is 1. The van der Waals surface area contributed by atoms with Crippen LogP contribution in [-0.4, -0.2) is 32.0 Å². The third-order valence-electron chi connectivity index (χ3n) is 6.21. The van der Waals surface area contributed by atoms with Gasteiger partial charge in [0.05, 0.1) is 27.4 Å². The molecule has 0 radical (unpaired) electrons. The van der Waals surface area contributed by atoms with Crippen LogP contribution in [0.5, 0.6) is 0 Å². The molecular weight excluding hydrogens is 541 g/mol. The number of furan rings is 1. The number of rotatable bonds is 7. The number of fused-ring (bicyclic) bond motifs is 1. The highest BCUT2D eigenvalue weighted by Crippen LogP contribution is 2.44. The van der Waals surface area contributed by atoms with E-state index in [4.69, 9.17) is 4.42 Å². The van der Waals surface area contributed by atoms with Gasteiger partial charge in [0.1, 0.15) is 11.8 Å². The standard InChI is InChI=1S/C27H20N4O4S3/c1-14-24(37-15(2)28-14)22(32)20-21(19-11-6-12-35-19)31(25(34)23(20)33)26-29-30-27(38-26)36-13-17-9-5-8-16-7-3-4-10-18(16)17/h3-12,21,33H,13H2,1-2H3. The van der Waals surface area contributed by atoms with E-state index >= 15 is 0 Å². The molecule has 3 aromatic heterocycles. The highest BCUT2D eigenvalue weighted by atomic mass is 32.2. The van der Waals surface area contributed by atoms with E-state index in [0.717, 1.165) is 16.0 Å². The van der Waals surface area contributed by atoms with Gasteiger partial charge < -0.3 is 9.52 Å². The molecule has 1 N–H and O–H groups in total. The number of benzene rings is 2. The minimum absolute atomic E-state index is 0.0585. The molecule has 6 rings (SSSR count). The Bertz CT molecular complexity index is 1720. The summed E-state index contributed by atoms with van der Waals surface area (Å²) in [4.78, 5) is 32.9. The van der Waals surface area contributed by atoms with E-state index in [0.29, 0.717) is 26.4 Å². The van der Waals surface area contributed by atoms with Crippen LogP contribution in [0.1, 0.15) is 37.7 Å². The van der Waals surface area contributed by atoms with E-state index in [9.17, 15) is 14.7 Å². The zero-order valence-corrected chi connectivity index (χ0v) is 22.7. The van der Waals surface area contributed by atoms with Crippen molar-refractivity contribution in [2.75, 3.05) is 4.90 Å². The maximum Gasteiger partial charge on any atom is 0.296 e. The first-order chi connectivity index (χ1) is 18.4. The van der Waals surface area contributed by atoms with E-state index in [1.54, 1.807) is 26.0 Å². The van der Waals surface area contributed by atoms with Gasteiger partial charge in [0.2, 0.25) is 10.9 Å². The number of ketones is 1. The first kappa shape index (κ1) is 24.5. The summed E-state index contributed by atoms with van der Waals surface area (Å²) in [6.45, 7) is 3.53. The lowest BCUT2D eigenvalue weighted by Crippen LogP contribution is -2.30. The molecule has 1 atom stereocenters. The van der Waals surface area contributed by atoms with E-state index in [-0.39, 0.29) is 10.7 Å².